The van der Waals surface area contributed by atoms with Gasteiger partial charge in [0, 0.05) is 6.54 Å². The van der Waals surface area contributed by atoms with Gasteiger partial charge in [-0.2, -0.15) is 0 Å². The van der Waals surface area contributed by atoms with Crippen molar-refractivity contribution in [3.05, 3.63) is 0 Å². The highest BCUT2D eigenvalue weighted by atomic mass is 16.4. The highest BCUT2D eigenvalue weighted by Gasteiger charge is 2.31. The number of amides is 3. The van der Waals surface area contributed by atoms with E-state index in [2.05, 4.69) is 20.9 Å². The molecule has 12 N–H and O–H groups in total. The van der Waals surface area contributed by atoms with Gasteiger partial charge in [0.05, 0.1) is 19.3 Å². The van der Waals surface area contributed by atoms with Crippen LogP contribution in [0.3, 0.4) is 0 Å². The predicted octanol–water partition coefficient (Wildman–Crippen LogP) is -4.45. The number of aliphatic imine (C=N–C) groups is 1. The van der Waals surface area contributed by atoms with Crippen LogP contribution < -0.4 is 33.2 Å². The van der Waals surface area contributed by atoms with E-state index in [9.17, 15) is 24.3 Å². The Morgan fingerprint density at radius 1 is 0.903 bits per heavy atom. The fourth-order valence-electron chi connectivity index (χ4n) is 2.36. The van der Waals surface area contributed by atoms with Crippen LogP contribution in [0.4, 0.5) is 0 Å². The summed E-state index contributed by atoms with van der Waals surface area (Å²) in [5.74, 6) is -4.41. The molecule has 0 heterocycles. The molecule has 0 saturated carbocycles. The second kappa shape index (κ2) is 14.1. The topological polar surface area (TPSA) is 255 Å². The van der Waals surface area contributed by atoms with Crippen LogP contribution in [-0.2, 0) is 19.2 Å². The molecule has 0 rings (SSSR count). The number of rotatable bonds is 14. The number of aliphatic carboxylic acids is 1. The molecule has 0 aliphatic rings. The second-order valence-electron chi connectivity index (χ2n) is 7.11. The van der Waals surface area contributed by atoms with Gasteiger partial charge in [-0.25, -0.2) is 4.79 Å². The maximum atomic E-state index is 12.5. The first kappa shape index (κ1) is 28.0. The average molecular weight is 447 g/mol. The van der Waals surface area contributed by atoms with E-state index in [1.165, 1.54) is 0 Å². The highest BCUT2D eigenvalue weighted by Crippen LogP contribution is 2.04. The average Bonchev–Trinajstić information content (AvgIpc) is 2.69. The minimum Gasteiger partial charge on any atom is -0.480 e. The van der Waals surface area contributed by atoms with Crippen LogP contribution in [0.1, 0.15) is 26.7 Å². The molecule has 0 fully saturated rings. The largest absolute Gasteiger partial charge is 0.480 e. The summed E-state index contributed by atoms with van der Waals surface area (Å²) >= 11 is 0. The number of aliphatic hydroxyl groups is 2. The molecule has 14 heteroatoms. The van der Waals surface area contributed by atoms with Crippen molar-refractivity contribution in [3.8, 4) is 0 Å². The molecule has 14 nitrogen and oxygen atoms in total. The third-order valence-electron chi connectivity index (χ3n) is 4.16. The Labute approximate surface area is 179 Å². The van der Waals surface area contributed by atoms with Gasteiger partial charge in [-0.05, 0) is 18.8 Å². The summed E-state index contributed by atoms with van der Waals surface area (Å²) in [7, 11) is 0. The molecule has 0 aliphatic carbocycles. The molecular weight excluding hydrogens is 414 g/mol. The quantitative estimate of drug-likeness (QED) is 0.0700. The lowest BCUT2D eigenvalue weighted by molar-refractivity contribution is -0.143. The molecule has 0 radical (unpaired) electrons. The van der Waals surface area contributed by atoms with Gasteiger partial charge < -0.3 is 48.5 Å². The number of aliphatic hydroxyl groups excluding tert-OH is 2. The molecule has 0 aromatic rings. The number of hydrogen-bond acceptors (Lipinski definition) is 8. The van der Waals surface area contributed by atoms with Crippen molar-refractivity contribution in [3.63, 3.8) is 0 Å². The number of carbonyl (C=O) groups excluding carboxylic acids is 3. The molecule has 3 amide bonds. The summed E-state index contributed by atoms with van der Waals surface area (Å²) in [5.41, 5.74) is 16.1. The van der Waals surface area contributed by atoms with E-state index in [0.717, 1.165) is 0 Å². The lowest BCUT2D eigenvalue weighted by Crippen LogP contribution is -2.59. The normalized spacial score (nSPS) is 14.6. The summed E-state index contributed by atoms with van der Waals surface area (Å²) in [6.45, 7) is 1.86. The standard InChI is InChI=1S/C17H33N7O7/c1-8(2)12(15(29)23-11(7-26)16(30)31)24-14(28)10(6-25)22-13(27)9(18)4-3-5-21-17(19)20/h8-12,25-26H,3-7,18H2,1-2H3,(H,22,27)(H,23,29)(H,24,28)(H,30,31)(H4,19,20,21). The maximum Gasteiger partial charge on any atom is 0.328 e. The smallest absolute Gasteiger partial charge is 0.328 e. The summed E-state index contributed by atoms with van der Waals surface area (Å²) in [5, 5.41) is 34.2. The minimum atomic E-state index is -1.55. The molecule has 4 atom stereocenters. The summed E-state index contributed by atoms with van der Waals surface area (Å²) in [4.78, 5) is 51.7. The van der Waals surface area contributed by atoms with E-state index < -0.39 is 67.0 Å². The molecule has 0 saturated heterocycles. The van der Waals surface area contributed by atoms with Gasteiger partial charge >= 0.3 is 5.97 Å². The zero-order valence-electron chi connectivity index (χ0n) is 17.6. The fraction of sp³-hybridized carbons (Fsp3) is 0.706. The van der Waals surface area contributed by atoms with Crippen LogP contribution in [0.25, 0.3) is 0 Å². The van der Waals surface area contributed by atoms with Crippen LogP contribution in [0.15, 0.2) is 4.99 Å². The number of carboxylic acid groups (broad SMARTS) is 1. The monoisotopic (exact) mass is 447 g/mol. The van der Waals surface area contributed by atoms with E-state index in [1.54, 1.807) is 13.8 Å². The zero-order chi connectivity index (χ0) is 24.1. The number of nitrogens with zero attached hydrogens (tertiary/aromatic N) is 1. The van der Waals surface area contributed by atoms with Gasteiger partial charge in [-0.3, -0.25) is 19.4 Å². The van der Waals surface area contributed by atoms with E-state index in [4.69, 9.17) is 27.4 Å². The third-order valence-corrected chi connectivity index (χ3v) is 4.16. The van der Waals surface area contributed by atoms with Crippen molar-refractivity contribution in [2.75, 3.05) is 19.8 Å². The Balaban J connectivity index is 4.95. The van der Waals surface area contributed by atoms with Crippen molar-refractivity contribution in [2.24, 2.45) is 28.1 Å². The number of carboxylic acids is 1. The lowest BCUT2D eigenvalue weighted by Gasteiger charge is -2.26. The highest BCUT2D eigenvalue weighted by molar-refractivity contribution is 5.94. The Kier molecular flexibility index (Phi) is 12.8. The van der Waals surface area contributed by atoms with Crippen molar-refractivity contribution >= 4 is 29.7 Å². The molecule has 0 spiro atoms. The zero-order valence-corrected chi connectivity index (χ0v) is 17.6. The van der Waals surface area contributed by atoms with E-state index >= 15 is 0 Å². The summed E-state index contributed by atoms with van der Waals surface area (Å²) in [6, 6.07) is -5.10. The van der Waals surface area contributed by atoms with Crippen LogP contribution in [0.5, 0.6) is 0 Å². The molecule has 0 aromatic carbocycles. The van der Waals surface area contributed by atoms with E-state index in [0.29, 0.717) is 6.42 Å². The van der Waals surface area contributed by atoms with Crippen LogP contribution in [0.2, 0.25) is 0 Å². The fourth-order valence-corrected chi connectivity index (χ4v) is 2.36. The van der Waals surface area contributed by atoms with Gasteiger partial charge in [0.15, 0.2) is 5.96 Å². The van der Waals surface area contributed by atoms with Crippen molar-refractivity contribution < 1.29 is 34.5 Å². The van der Waals surface area contributed by atoms with Crippen molar-refractivity contribution in [2.45, 2.75) is 50.9 Å². The van der Waals surface area contributed by atoms with Gasteiger partial charge in [0.25, 0.3) is 0 Å². The number of nitrogens with two attached hydrogens (primary N) is 3. The summed E-state index contributed by atoms with van der Waals surface area (Å²) < 4.78 is 0. The van der Waals surface area contributed by atoms with Gasteiger partial charge in [0.1, 0.15) is 18.1 Å². The lowest BCUT2D eigenvalue weighted by atomic mass is 10.0. The van der Waals surface area contributed by atoms with Crippen LogP contribution in [-0.4, -0.2) is 88.9 Å². The molecule has 0 aliphatic heterocycles. The van der Waals surface area contributed by atoms with Crippen molar-refractivity contribution in [1.82, 2.24) is 16.0 Å². The summed E-state index contributed by atoms with van der Waals surface area (Å²) in [6.07, 6.45) is 0.630. The predicted molar refractivity (Wildman–Crippen MR) is 110 cm³/mol. The first-order chi connectivity index (χ1) is 14.4. The molecule has 0 aromatic heterocycles. The Bertz CT molecular complexity index is 653. The number of guanidine groups is 1. The Morgan fingerprint density at radius 2 is 1.45 bits per heavy atom. The SMILES string of the molecule is CC(C)C(NC(=O)C(CO)NC(=O)C(N)CCCN=C(N)N)C(=O)NC(CO)C(=O)O. The van der Waals surface area contributed by atoms with Gasteiger partial charge in [0.2, 0.25) is 17.7 Å². The maximum absolute atomic E-state index is 12.5. The molecule has 4 unspecified atom stereocenters. The van der Waals surface area contributed by atoms with Crippen LogP contribution in [0, 0.1) is 5.92 Å². The number of hydrogen-bond donors (Lipinski definition) is 9. The molecular formula is C17H33N7O7. The first-order valence-electron chi connectivity index (χ1n) is 9.61. The van der Waals surface area contributed by atoms with Crippen molar-refractivity contribution in [1.29, 1.82) is 0 Å². The first-order valence-corrected chi connectivity index (χ1v) is 9.61. The van der Waals surface area contributed by atoms with Gasteiger partial charge in [-0.15, -0.1) is 0 Å². The van der Waals surface area contributed by atoms with Gasteiger partial charge in [-0.1, -0.05) is 13.8 Å². The minimum absolute atomic E-state index is 0.0903. The van der Waals surface area contributed by atoms with E-state index in [1.807, 2.05) is 0 Å². The molecule has 0 bridgehead atoms. The molecule has 178 valence electrons. The Hall–Kier alpha value is -2.97. The Morgan fingerprint density at radius 3 is 1.90 bits per heavy atom. The van der Waals surface area contributed by atoms with E-state index in [-0.39, 0.29) is 18.9 Å². The number of carbonyl (C=O) groups is 4. The second-order valence-corrected chi connectivity index (χ2v) is 7.11. The number of nitrogens with one attached hydrogen (secondary N) is 3. The third kappa shape index (κ3) is 10.6. The van der Waals surface area contributed by atoms with Crippen LogP contribution >= 0.6 is 0 Å². The molecule has 31 heavy (non-hydrogen) atoms.